The molecule has 1 saturated heterocycles. The number of methoxy groups -OCH3 is 1. The molecule has 25 heavy (non-hydrogen) atoms. The highest BCUT2D eigenvalue weighted by Gasteiger charge is 2.31. The number of aromatic amines is 1. The first-order valence-corrected chi connectivity index (χ1v) is 8.63. The van der Waals surface area contributed by atoms with Crippen molar-refractivity contribution in [1.82, 2.24) is 15.2 Å². The van der Waals surface area contributed by atoms with Crippen LogP contribution in [0, 0.1) is 19.8 Å². The van der Waals surface area contributed by atoms with E-state index in [0.29, 0.717) is 35.6 Å². The number of H-pyrrole nitrogens is 1. The fourth-order valence-electron chi connectivity index (χ4n) is 3.31. The van der Waals surface area contributed by atoms with Crippen molar-refractivity contribution in [2.24, 2.45) is 5.92 Å². The standard InChI is InChI=1S/C18H27N3O4/c1-10(2)19-16(22)13-7-6-8-21(9-13)17(23)15-11(3)14(12(4)20-15)18(24)25-5/h10,13,20H,6-9H2,1-5H3,(H,19,22). The van der Waals surface area contributed by atoms with Crippen LogP contribution in [-0.4, -0.2) is 53.9 Å². The highest BCUT2D eigenvalue weighted by Crippen LogP contribution is 2.23. The molecule has 1 atom stereocenters. The number of carbonyl (C=O) groups excluding carboxylic acids is 3. The average Bonchev–Trinajstić information content (AvgIpc) is 2.87. The zero-order valence-electron chi connectivity index (χ0n) is 15.6. The molecule has 1 fully saturated rings. The van der Waals surface area contributed by atoms with Crippen LogP contribution >= 0.6 is 0 Å². The summed E-state index contributed by atoms with van der Waals surface area (Å²) in [5, 5.41) is 2.91. The molecule has 2 N–H and O–H groups in total. The number of piperidine rings is 1. The molecule has 2 rings (SSSR count). The zero-order chi connectivity index (χ0) is 18.7. The molecule has 0 spiro atoms. The van der Waals surface area contributed by atoms with Crippen LogP contribution in [0.4, 0.5) is 0 Å². The number of aryl methyl sites for hydroxylation is 1. The van der Waals surface area contributed by atoms with Gasteiger partial charge in [0.05, 0.1) is 18.6 Å². The topological polar surface area (TPSA) is 91.5 Å². The molecule has 0 radical (unpaired) electrons. The molecule has 0 saturated carbocycles. The molecule has 0 aromatic carbocycles. The summed E-state index contributed by atoms with van der Waals surface area (Å²) in [5.41, 5.74) is 1.99. The molecule has 7 heteroatoms. The van der Waals surface area contributed by atoms with E-state index >= 15 is 0 Å². The highest BCUT2D eigenvalue weighted by molar-refractivity contribution is 6.00. The van der Waals surface area contributed by atoms with Crippen molar-refractivity contribution in [1.29, 1.82) is 0 Å². The Hall–Kier alpha value is -2.31. The van der Waals surface area contributed by atoms with Gasteiger partial charge in [-0.2, -0.15) is 0 Å². The number of amides is 2. The van der Waals surface area contributed by atoms with E-state index < -0.39 is 5.97 Å². The van der Waals surface area contributed by atoms with Crippen molar-refractivity contribution in [2.75, 3.05) is 20.2 Å². The summed E-state index contributed by atoms with van der Waals surface area (Å²) in [6, 6.07) is 0.0782. The number of hydrogen-bond acceptors (Lipinski definition) is 4. The summed E-state index contributed by atoms with van der Waals surface area (Å²) in [7, 11) is 1.32. The van der Waals surface area contributed by atoms with Crippen molar-refractivity contribution >= 4 is 17.8 Å². The molecule has 2 heterocycles. The fraction of sp³-hybridized carbons (Fsp3) is 0.611. The van der Waals surface area contributed by atoms with E-state index in [2.05, 4.69) is 10.3 Å². The summed E-state index contributed by atoms with van der Waals surface area (Å²) in [6.07, 6.45) is 1.56. The van der Waals surface area contributed by atoms with Crippen LogP contribution in [0.15, 0.2) is 0 Å². The number of nitrogens with zero attached hydrogens (tertiary/aromatic N) is 1. The maximum Gasteiger partial charge on any atom is 0.339 e. The van der Waals surface area contributed by atoms with Crippen LogP contribution in [0.1, 0.15) is 58.8 Å². The van der Waals surface area contributed by atoms with Gasteiger partial charge in [-0.1, -0.05) is 0 Å². The van der Waals surface area contributed by atoms with Gasteiger partial charge in [0.15, 0.2) is 0 Å². The molecule has 1 aliphatic heterocycles. The third-order valence-electron chi connectivity index (χ3n) is 4.55. The first kappa shape index (κ1) is 19.0. The molecule has 1 aliphatic rings. The summed E-state index contributed by atoms with van der Waals surface area (Å²) >= 11 is 0. The number of carbonyl (C=O) groups is 3. The second-order valence-electron chi connectivity index (χ2n) is 6.87. The van der Waals surface area contributed by atoms with Gasteiger partial charge in [0.1, 0.15) is 5.69 Å². The number of ether oxygens (including phenoxy) is 1. The van der Waals surface area contributed by atoms with E-state index in [1.807, 2.05) is 13.8 Å². The second-order valence-corrected chi connectivity index (χ2v) is 6.87. The molecule has 1 aromatic rings. The summed E-state index contributed by atoms with van der Waals surface area (Å²) in [4.78, 5) is 41.7. The molecule has 0 bridgehead atoms. The summed E-state index contributed by atoms with van der Waals surface area (Å²) in [6.45, 7) is 8.31. The molecule has 0 aliphatic carbocycles. The van der Waals surface area contributed by atoms with Crippen LogP contribution < -0.4 is 5.32 Å². The predicted octanol–water partition coefficient (Wildman–Crippen LogP) is 1.79. The van der Waals surface area contributed by atoms with Crippen LogP contribution in [0.25, 0.3) is 0 Å². The Kier molecular flexibility index (Phi) is 5.87. The smallest absolute Gasteiger partial charge is 0.339 e. The van der Waals surface area contributed by atoms with Gasteiger partial charge in [-0.05, 0) is 46.1 Å². The lowest BCUT2D eigenvalue weighted by molar-refractivity contribution is -0.126. The summed E-state index contributed by atoms with van der Waals surface area (Å²) < 4.78 is 4.79. The molecular weight excluding hydrogens is 322 g/mol. The fourth-order valence-corrected chi connectivity index (χ4v) is 3.31. The van der Waals surface area contributed by atoms with Crippen LogP contribution in [0.3, 0.4) is 0 Å². The van der Waals surface area contributed by atoms with Crippen LogP contribution in [0.5, 0.6) is 0 Å². The second kappa shape index (κ2) is 7.72. The van der Waals surface area contributed by atoms with Gasteiger partial charge >= 0.3 is 5.97 Å². The lowest BCUT2D eigenvalue weighted by Gasteiger charge is -2.32. The van der Waals surface area contributed by atoms with E-state index in [1.165, 1.54) is 7.11 Å². The van der Waals surface area contributed by atoms with Gasteiger partial charge in [-0.15, -0.1) is 0 Å². The van der Waals surface area contributed by atoms with Crippen LogP contribution in [-0.2, 0) is 9.53 Å². The Morgan fingerprint density at radius 3 is 2.56 bits per heavy atom. The Labute approximate surface area is 148 Å². The molecule has 2 amide bonds. The number of nitrogens with one attached hydrogen (secondary N) is 2. The van der Waals surface area contributed by atoms with E-state index in [4.69, 9.17) is 4.74 Å². The lowest BCUT2D eigenvalue weighted by Crippen LogP contribution is -2.46. The molecule has 7 nitrogen and oxygen atoms in total. The van der Waals surface area contributed by atoms with Crippen LogP contribution in [0.2, 0.25) is 0 Å². The summed E-state index contributed by atoms with van der Waals surface area (Å²) in [5.74, 6) is -0.852. The van der Waals surface area contributed by atoms with Gasteiger partial charge in [-0.3, -0.25) is 9.59 Å². The van der Waals surface area contributed by atoms with E-state index in [1.54, 1.807) is 18.7 Å². The third-order valence-corrected chi connectivity index (χ3v) is 4.55. The minimum Gasteiger partial charge on any atom is -0.465 e. The monoisotopic (exact) mass is 349 g/mol. The molecular formula is C18H27N3O4. The molecule has 1 unspecified atom stereocenters. The average molecular weight is 349 g/mol. The van der Waals surface area contributed by atoms with Crippen molar-refractivity contribution in [2.45, 2.75) is 46.6 Å². The normalized spacial score (nSPS) is 17.5. The Bertz CT molecular complexity index is 678. The van der Waals surface area contributed by atoms with E-state index in [-0.39, 0.29) is 23.8 Å². The minimum absolute atomic E-state index is 0.0119. The predicted molar refractivity (Wildman–Crippen MR) is 93.5 cm³/mol. The van der Waals surface area contributed by atoms with Gasteiger partial charge < -0.3 is 19.9 Å². The minimum atomic E-state index is -0.460. The number of aromatic nitrogens is 1. The SMILES string of the molecule is COC(=O)c1c(C)[nH]c(C(=O)N2CCCC(C(=O)NC(C)C)C2)c1C. The van der Waals surface area contributed by atoms with Gasteiger partial charge in [0, 0.05) is 24.8 Å². The maximum atomic E-state index is 12.9. The Morgan fingerprint density at radius 2 is 1.96 bits per heavy atom. The van der Waals surface area contributed by atoms with Gasteiger partial charge in [-0.25, -0.2) is 4.79 Å². The maximum absolute atomic E-state index is 12.9. The molecule has 138 valence electrons. The molecule has 1 aromatic heterocycles. The Balaban J connectivity index is 2.18. The number of hydrogen-bond donors (Lipinski definition) is 2. The van der Waals surface area contributed by atoms with E-state index in [0.717, 1.165) is 12.8 Å². The van der Waals surface area contributed by atoms with Crippen molar-refractivity contribution < 1.29 is 19.1 Å². The first-order valence-electron chi connectivity index (χ1n) is 8.63. The van der Waals surface area contributed by atoms with Gasteiger partial charge in [0.25, 0.3) is 5.91 Å². The quantitative estimate of drug-likeness (QED) is 0.811. The van der Waals surface area contributed by atoms with Crippen molar-refractivity contribution in [3.63, 3.8) is 0 Å². The van der Waals surface area contributed by atoms with Crippen molar-refractivity contribution in [3.05, 3.63) is 22.5 Å². The zero-order valence-corrected chi connectivity index (χ0v) is 15.6. The van der Waals surface area contributed by atoms with Gasteiger partial charge in [0.2, 0.25) is 5.91 Å². The number of esters is 1. The largest absolute Gasteiger partial charge is 0.465 e. The first-order chi connectivity index (χ1) is 11.8. The highest BCUT2D eigenvalue weighted by atomic mass is 16.5. The third kappa shape index (κ3) is 4.03. The Morgan fingerprint density at radius 1 is 1.28 bits per heavy atom. The van der Waals surface area contributed by atoms with Crippen molar-refractivity contribution in [3.8, 4) is 0 Å². The number of rotatable bonds is 4. The number of likely N-dealkylation sites (tertiary alicyclic amines) is 1. The lowest BCUT2D eigenvalue weighted by atomic mass is 9.96. The van der Waals surface area contributed by atoms with E-state index in [9.17, 15) is 14.4 Å².